The smallest absolute Gasteiger partial charge is 0.159 e. The zero-order valence-electron chi connectivity index (χ0n) is 10.8. The van der Waals surface area contributed by atoms with Crippen LogP contribution >= 0.6 is 0 Å². The van der Waals surface area contributed by atoms with Crippen molar-refractivity contribution in [3.05, 3.63) is 35.4 Å². The number of nitrogens with one attached hydrogen (secondary N) is 1. The van der Waals surface area contributed by atoms with Crippen molar-refractivity contribution in [1.82, 2.24) is 5.32 Å². The third-order valence-corrected chi connectivity index (χ3v) is 3.06. The molecule has 3 heteroatoms. The van der Waals surface area contributed by atoms with Gasteiger partial charge in [-0.1, -0.05) is 26.3 Å². The summed E-state index contributed by atoms with van der Waals surface area (Å²) in [7, 11) is 0. The van der Waals surface area contributed by atoms with Gasteiger partial charge in [0.25, 0.3) is 0 Å². The summed E-state index contributed by atoms with van der Waals surface area (Å²) in [4.78, 5) is 0. The zero-order valence-corrected chi connectivity index (χ0v) is 10.8. The van der Waals surface area contributed by atoms with Crippen LogP contribution in [-0.2, 0) is 0 Å². The van der Waals surface area contributed by atoms with Gasteiger partial charge in [-0.2, -0.15) is 0 Å². The number of benzene rings is 1. The van der Waals surface area contributed by atoms with Crippen molar-refractivity contribution in [2.75, 3.05) is 0 Å². The van der Waals surface area contributed by atoms with Crippen molar-refractivity contribution in [1.29, 1.82) is 0 Å². The minimum Gasteiger partial charge on any atom is -0.307 e. The van der Waals surface area contributed by atoms with E-state index in [4.69, 9.17) is 0 Å². The molecule has 0 fully saturated rings. The molecule has 0 heterocycles. The molecule has 0 spiro atoms. The van der Waals surface area contributed by atoms with E-state index in [9.17, 15) is 8.78 Å². The summed E-state index contributed by atoms with van der Waals surface area (Å²) in [5.41, 5.74) is 0.790. The van der Waals surface area contributed by atoms with Crippen LogP contribution in [-0.4, -0.2) is 6.04 Å². The minimum atomic E-state index is -0.790. The first-order chi connectivity index (χ1) is 8.08. The van der Waals surface area contributed by atoms with Crippen LogP contribution in [0.25, 0.3) is 0 Å². The first-order valence-electron chi connectivity index (χ1n) is 6.29. The summed E-state index contributed by atoms with van der Waals surface area (Å²) in [6.07, 6.45) is 3.27. The van der Waals surface area contributed by atoms with Crippen molar-refractivity contribution in [2.45, 2.75) is 52.1 Å². The molecule has 96 valence electrons. The summed E-state index contributed by atoms with van der Waals surface area (Å²) < 4.78 is 25.9. The van der Waals surface area contributed by atoms with E-state index >= 15 is 0 Å². The van der Waals surface area contributed by atoms with Crippen LogP contribution in [0.3, 0.4) is 0 Å². The molecule has 2 atom stereocenters. The van der Waals surface area contributed by atoms with Crippen molar-refractivity contribution in [3.8, 4) is 0 Å². The molecular weight excluding hydrogens is 220 g/mol. The molecule has 0 aliphatic carbocycles. The Hall–Kier alpha value is -0.960. The maximum absolute atomic E-state index is 13.1. The maximum Gasteiger partial charge on any atom is 0.159 e. The Bertz CT molecular complexity index is 352. The van der Waals surface area contributed by atoms with Crippen molar-refractivity contribution in [2.24, 2.45) is 0 Å². The van der Waals surface area contributed by atoms with Gasteiger partial charge in [0.2, 0.25) is 0 Å². The van der Waals surface area contributed by atoms with Gasteiger partial charge in [0.1, 0.15) is 0 Å². The Kier molecular flexibility index (Phi) is 5.56. The maximum atomic E-state index is 13.1. The van der Waals surface area contributed by atoms with E-state index in [-0.39, 0.29) is 6.04 Å². The molecule has 1 aromatic rings. The van der Waals surface area contributed by atoms with Crippen LogP contribution in [0.15, 0.2) is 18.2 Å². The van der Waals surface area contributed by atoms with E-state index < -0.39 is 11.6 Å². The summed E-state index contributed by atoms with van der Waals surface area (Å²) in [5.74, 6) is -1.57. The van der Waals surface area contributed by atoms with Gasteiger partial charge in [-0.05, 0) is 37.5 Å². The molecule has 0 radical (unpaired) electrons. The Morgan fingerprint density at radius 2 is 1.88 bits per heavy atom. The number of hydrogen-bond donors (Lipinski definition) is 1. The van der Waals surface area contributed by atoms with Crippen LogP contribution < -0.4 is 5.32 Å². The standard InChI is InChI=1S/C14H21F2N/c1-4-6-12(5-2)17-10(3)11-7-8-13(15)14(16)9-11/h7-10,12,17H,4-6H2,1-3H3. The van der Waals surface area contributed by atoms with E-state index in [1.807, 2.05) is 6.92 Å². The first-order valence-corrected chi connectivity index (χ1v) is 6.29. The highest BCUT2D eigenvalue weighted by Crippen LogP contribution is 2.17. The van der Waals surface area contributed by atoms with Crippen LogP contribution in [0.4, 0.5) is 8.78 Å². The monoisotopic (exact) mass is 241 g/mol. The van der Waals surface area contributed by atoms with Gasteiger partial charge in [-0.3, -0.25) is 0 Å². The van der Waals surface area contributed by atoms with E-state index in [1.165, 1.54) is 12.1 Å². The summed E-state index contributed by atoms with van der Waals surface area (Å²) >= 11 is 0. The molecule has 0 saturated carbocycles. The quantitative estimate of drug-likeness (QED) is 0.787. The highest BCUT2D eigenvalue weighted by molar-refractivity contribution is 5.20. The Balaban J connectivity index is 2.68. The van der Waals surface area contributed by atoms with Crippen LogP contribution in [0.1, 0.15) is 51.6 Å². The minimum absolute atomic E-state index is 0.0431. The lowest BCUT2D eigenvalue weighted by atomic mass is 10.0. The molecule has 1 aromatic carbocycles. The van der Waals surface area contributed by atoms with Gasteiger partial charge in [0.05, 0.1) is 0 Å². The van der Waals surface area contributed by atoms with Crippen LogP contribution in [0, 0.1) is 11.6 Å². The number of rotatable bonds is 6. The van der Waals surface area contributed by atoms with Gasteiger partial charge >= 0.3 is 0 Å². The average Bonchev–Trinajstić information content (AvgIpc) is 2.31. The molecular formula is C14H21F2N. The molecule has 1 nitrogen and oxygen atoms in total. The zero-order chi connectivity index (χ0) is 12.8. The van der Waals surface area contributed by atoms with Gasteiger partial charge in [-0.15, -0.1) is 0 Å². The van der Waals surface area contributed by atoms with Gasteiger partial charge < -0.3 is 5.32 Å². The van der Waals surface area contributed by atoms with Crippen molar-refractivity contribution in [3.63, 3.8) is 0 Å². The largest absolute Gasteiger partial charge is 0.307 e. The second-order valence-corrected chi connectivity index (χ2v) is 4.46. The third kappa shape index (κ3) is 4.08. The normalized spacial score (nSPS) is 14.6. The van der Waals surface area contributed by atoms with Crippen LogP contribution in [0.2, 0.25) is 0 Å². The highest BCUT2D eigenvalue weighted by Gasteiger charge is 2.12. The van der Waals surface area contributed by atoms with E-state index in [0.29, 0.717) is 6.04 Å². The lowest BCUT2D eigenvalue weighted by Crippen LogP contribution is -2.30. The lowest BCUT2D eigenvalue weighted by molar-refractivity contribution is 0.414. The fourth-order valence-corrected chi connectivity index (χ4v) is 1.99. The molecule has 1 rings (SSSR count). The molecule has 0 aliphatic heterocycles. The first kappa shape index (κ1) is 14.1. The lowest BCUT2D eigenvalue weighted by Gasteiger charge is -2.22. The number of halogens is 2. The molecule has 2 unspecified atom stereocenters. The fourth-order valence-electron chi connectivity index (χ4n) is 1.99. The Labute approximate surface area is 102 Å². The third-order valence-electron chi connectivity index (χ3n) is 3.06. The molecule has 1 N–H and O–H groups in total. The van der Waals surface area contributed by atoms with Crippen molar-refractivity contribution < 1.29 is 8.78 Å². The van der Waals surface area contributed by atoms with E-state index in [0.717, 1.165) is 24.8 Å². The van der Waals surface area contributed by atoms with Crippen molar-refractivity contribution >= 4 is 0 Å². The number of hydrogen-bond acceptors (Lipinski definition) is 1. The second-order valence-electron chi connectivity index (χ2n) is 4.46. The molecule has 0 aromatic heterocycles. The second kappa shape index (κ2) is 6.70. The molecule has 0 amide bonds. The van der Waals surface area contributed by atoms with Crippen LogP contribution in [0.5, 0.6) is 0 Å². The fraction of sp³-hybridized carbons (Fsp3) is 0.571. The van der Waals surface area contributed by atoms with Gasteiger partial charge in [0.15, 0.2) is 11.6 Å². The predicted octanol–water partition coefficient (Wildman–Crippen LogP) is 4.19. The highest BCUT2D eigenvalue weighted by atomic mass is 19.2. The van der Waals surface area contributed by atoms with Gasteiger partial charge in [-0.25, -0.2) is 8.78 Å². The molecule has 0 aliphatic rings. The Morgan fingerprint density at radius 3 is 2.41 bits per heavy atom. The molecule has 0 saturated heterocycles. The predicted molar refractivity (Wildman–Crippen MR) is 66.9 cm³/mol. The molecule has 0 bridgehead atoms. The van der Waals surface area contributed by atoms with E-state index in [1.54, 1.807) is 6.07 Å². The van der Waals surface area contributed by atoms with E-state index in [2.05, 4.69) is 19.2 Å². The average molecular weight is 241 g/mol. The Morgan fingerprint density at radius 1 is 1.18 bits per heavy atom. The topological polar surface area (TPSA) is 12.0 Å². The summed E-state index contributed by atoms with van der Waals surface area (Å²) in [6.45, 7) is 6.25. The molecule has 17 heavy (non-hydrogen) atoms. The summed E-state index contributed by atoms with van der Waals surface area (Å²) in [5, 5.41) is 3.44. The SMILES string of the molecule is CCCC(CC)NC(C)c1ccc(F)c(F)c1. The van der Waals surface area contributed by atoms with Gasteiger partial charge in [0, 0.05) is 12.1 Å². The summed E-state index contributed by atoms with van der Waals surface area (Å²) in [6, 6.07) is 4.56.